The third-order valence-electron chi connectivity index (χ3n) is 5.39. The lowest BCUT2D eigenvalue weighted by Crippen LogP contribution is -2.57. The molecule has 1 amide bonds. The number of piperidine rings is 1. The summed E-state index contributed by atoms with van der Waals surface area (Å²) in [5.41, 5.74) is 0.409. The summed E-state index contributed by atoms with van der Waals surface area (Å²) in [4.78, 5) is 20.1. The van der Waals surface area contributed by atoms with Crippen LogP contribution in [-0.2, 0) is 4.79 Å². The predicted octanol–water partition coefficient (Wildman–Crippen LogP) is 3.32. The van der Waals surface area contributed by atoms with Crippen LogP contribution in [0.15, 0.2) is 35.8 Å². The maximum atomic E-state index is 13.6. The molecule has 5 nitrogen and oxygen atoms in total. The van der Waals surface area contributed by atoms with Gasteiger partial charge in [0.05, 0.1) is 6.04 Å². The molecular formula is C20H25N3O2S. The predicted molar refractivity (Wildman–Crippen MR) is 102 cm³/mol. The standard InChI is InChI=1S/C20H25N3O2S/c1-15-4-6-16(7-5-15)25-20(8-10-21-11-9-20)19(24)23-13-2-3-17(23)18-22-12-14-26-18/h4-7,12,14,17,21H,2-3,8-11,13H2,1H3/t17-/m1/s1. The van der Waals surface area contributed by atoms with Crippen LogP contribution in [0.3, 0.4) is 0 Å². The van der Waals surface area contributed by atoms with Crippen molar-refractivity contribution in [3.8, 4) is 5.75 Å². The molecule has 0 saturated carbocycles. The van der Waals surface area contributed by atoms with Crippen molar-refractivity contribution in [2.24, 2.45) is 0 Å². The summed E-state index contributed by atoms with van der Waals surface area (Å²) in [7, 11) is 0. The van der Waals surface area contributed by atoms with Gasteiger partial charge in [-0.05, 0) is 45.0 Å². The van der Waals surface area contributed by atoms with Crippen LogP contribution < -0.4 is 10.1 Å². The van der Waals surface area contributed by atoms with E-state index in [1.54, 1.807) is 11.3 Å². The molecule has 2 aliphatic rings. The van der Waals surface area contributed by atoms with E-state index >= 15 is 0 Å². The molecule has 0 radical (unpaired) electrons. The van der Waals surface area contributed by atoms with Gasteiger partial charge in [0.15, 0.2) is 5.60 Å². The second-order valence-corrected chi connectivity index (χ2v) is 8.11. The quantitative estimate of drug-likeness (QED) is 0.896. The Hall–Kier alpha value is -1.92. The Morgan fingerprint density at radius 3 is 2.77 bits per heavy atom. The van der Waals surface area contributed by atoms with Crippen molar-refractivity contribution in [1.29, 1.82) is 0 Å². The average Bonchev–Trinajstić information content (AvgIpc) is 3.35. The van der Waals surface area contributed by atoms with Gasteiger partial charge in [-0.2, -0.15) is 0 Å². The Bertz CT molecular complexity index is 739. The molecule has 1 aromatic heterocycles. The van der Waals surface area contributed by atoms with Gasteiger partial charge in [0.25, 0.3) is 5.91 Å². The van der Waals surface area contributed by atoms with Crippen LogP contribution >= 0.6 is 11.3 Å². The van der Waals surface area contributed by atoms with Crippen molar-refractivity contribution < 1.29 is 9.53 Å². The highest BCUT2D eigenvalue weighted by atomic mass is 32.1. The van der Waals surface area contributed by atoms with E-state index in [0.29, 0.717) is 12.8 Å². The number of hydrogen-bond acceptors (Lipinski definition) is 5. The Labute approximate surface area is 158 Å². The fraction of sp³-hybridized carbons (Fsp3) is 0.500. The fourth-order valence-corrected chi connectivity index (χ4v) is 4.73. The minimum atomic E-state index is -0.777. The molecule has 138 valence electrons. The van der Waals surface area contributed by atoms with Crippen LogP contribution in [0.5, 0.6) is 5.75 Å². The van der Waals surface area contributed by atoms with Crippen molar-refractivity contribution >= 4 is 17.2 Å². The topological polar surface area (TPSA) is 54.5 Å². The summed E-state index contributed by atoms with van der Waals surface area (Å²) in [5, 5.41) is 6.38. The first-order valence-electron chi connectivity index (χ1n) is 9.35. The van der Waals surface area contributed by atoms with Gasteiger partial charge in [0.1, 0.15) is 10.8 Å². The van der Waals surface area contributed by atoms with E-state index in [1.807, 2.05) is 40.7 Å². The highest BCUT2D eigenvalue weighted by Crippen LogP contribution is 2.38. The molecule has 2 aromatic rings. The SMILES string of the molecule is Cc1ccc(OC2(C(=O)N3CCC[C@@H]3c3nccs3)CCNCC2)cc1. The van der Waals surface area contributed by atoms with Crippen molar-refractivity contribution in [2.75, 3.05) is 19.6 Å². The number of nitrogens with zero attached hydrogens (tertiary/aromatic N) is 2. The molecule has 26 heavy (non-hydrogen) atoms. The minimum absolute atomic E-state index is 0.0934. The lowest BCUT2D eigenvalue weighted by Gasteiger charge is -2.40. The minimum Gasteiger partial charge on any atom is -0.477 e. The number of nitrogens with one attached hydrogen (secondary N) is 1. The zero-order chi connectivity index (χ0) is 18.0. The molecule has 2 saturated heterocycles. The molecule has 6 heteroatoms. The van der Waals surface area contributed by atoms with Crippen molar-refractivity contribution in [3.63, 3.8) is 0 Å². The maximum Gasteiger partial charge on any atom is 0.267 e. The summed E-state index contributed by atoms with van der Waals surface area (Å²) >= 11 is 1.63. The Morgan fingerprint density at radius 1 is 1.31 bits per heavy atom. The molecule has 2 aliphatic heterocycles. The number of likely N-dealkylation sites (tertiary alicyclic amines) is 1. The molecule has 4 rings (SSSR count). The van der Waals surface area contributed by atoms with Crippen molar-refractivity contribution in [3.05, 3.63) is 46.4 Å². The molecule has 0 aliphatic carbocycles. The van der Waals surface area contributed by atoms with E-state index in [0.717, 1.165) is 43.2 Å². The second-order valence-electron chi connectivity index (χ2n) is 7.19. The Kier molecular flexibility index (Phi) is 4.96. The van der Waals surface area contributed by atoms with Crippen LogP contribution in [-0.4, -0.2) is 41.0 Å². The van der Waals surface area contributed by atoms with E-state index < -0.39 is 5.60 Å². The highest BCUT2D eigenvalue weighted by Gasteiger charge is 2.47. The number of carbonyl (C=O) groups is 1. The third-order valence-corrected chi connectivity index (χ3v) is 6.26. The largest absolute Gasteiger partial charge is 0.477 e. The monoisotopic (exact) mass is 371 g/mol. The molecule has 2 fully saturated rings. The van der Waals surface area contributed by atoms with E-state index in [9.17, 15) is 4.79 Å². The first kappa shape index (κ1) is 17.5. The van der Waals surface area contributed by atoms with Crippen molar-refractivity contribution in [1.82, 2.24) is 15.2 Å². The van der Waals surface area contributed by atoms with Crippen LogP contribution in [0.25, 0.3) is 0 Å². The molecule has 0 bridgehead atoms. The first-order chi connectivity index (χ1) is 12.7. The van der Waals surface area contributed by atoms with Crippen LogP contribution in [0.4, 0.5) is 0 Å². The molecule has 0 unspecified atom stereocenters. The molecular weight excluding hydrogens is 346 g/mol. The average molecular weight is 372 g/mol. The summed E-state index contributed by atoms with van der Waals surface area (Å²) < 4.78 is 6.39. The second kappa shape index (κ2) is 7.37. The molecule has 1 N–H and O–H groups in total. The Morgan fingerprint density at radius 2 is 2.08 bits per heavy atom. The number of thiazole rings is 1. The van der Waals surface area contributed by atoms with Gasteiger partial charge in [0, 0.05) is 31.0 Å². The van der Waals surface area contributed by atoms with Gasteiger partial charge in [0.2, 0.25) is 0 Å². The number of aromatic nitrogens is 1. The van der Waals surface area contributed by atoms with Gasteiger partial charge in [-0.25, -0.2) is 4.98 Å². The zero-order valence-corrected chi connectivity index (χ0v) is 15.9. The molecule has 0 spiro atoms. The Balaban J connectivity index is 1.61. The maximum absolute atomic E-state index is 13.6. The lowest BCUT2D eigenvalue weighted by molar-refractivity contribution is -0.151. The molecule has 1 aromatic carbocycles. The first-order valence-corrected chi connectivity index (χ1v) is 10.2. The number of carbonyl (C=O) groups excluding carboxylic acids is 1. The number of hydrogen-bond donors (Lipinski definition) is 1. The number of amides is 1. The van der Waals surface area contributed by atoms with Gasteiger partial charge in [-0.3, -0.25) is 4.79 Å². The van der Waals surface area contributed by atoms with Crippen LogP contribution in [0.2, 0.25) is 0 Å². The normalized spacial score (nSPS) is 22.3. The van der Waals surface area contributed by atoms with E-state index in [1.165, 1.54) is 5.56 Å². The molecule has 1 atom stereocenters. The smallest absolute Gasteiger partial charge is 0.267 e. The summed E-state index contributed by atoms with van der Waals surface area (Å²) in [6, 6.07) is 8.09. The number of benzene rings is 1. The van der Waals surface area contributed by atoms with Crippen LogP contribution in [0, 0.1) is 6.92 Å². The van der Waals surface area contributed by atoms with Gasteiger partial charge < -0.3 is 15.0 Å². The van der Waals surface area contributed by atoms with E-state index in [-0.39, 0.29) is 11.9 Å². The number of ether oxygens (including phenoxy) is 1. The lowest BCUT2D eigenvalue weighted by atomic mass is 9.90. The summed E-state index contributed by atoms with van der Waals surface area (Å²) in [5.74, 6) is 0.896. The number of rotatable bonds is 4. The van der Waals surface area contributed by atoms with Gasteiger partial charge >= 0.3 is 0 Å². The molecule has 3 heterocycles. The van der Waals surface area contributed by atoms with E-state index in [4.69, 9.17) is 4.74 Å². The fourth-order valence-electron chi connectivity index (χ4n) is 3.95. The van der Waals surface area contributed by atoms with E-state index in [2.05, 4.69) is 17.2 Å². The van der Waals surface area contributed by atoms with Crippen molar-refractivity contribution in [2.45, 2.75) is 44.2 Å². The van der Waals surface area contributed by atoms with Gasteiger partial charge in [-0.15, -0.1) is 11.3 Å². The zero-order valence-electron chi connectivity index (χ0n) is 15.1. The van der Waals surface area contributed by atoms with Gasteiger partial charge in [-0.1, -0.05) is 17.7 Å². The number of aryl methyl sites for hydroxylation is 1. The summed E-state index contributed by atoms with van der Waals surface area (Å²) in [6.07, 6.45) is 5.22. The highest BCUT2D eigenvalue weighted by molar-refractivity contribution is 7.09. The summed E-state index contributed by atoms with van der Waals surface area (Å²) in [6.45, 7) is 4.44. The third kappa shape index (κ3) is 3.35. The van der Waals surface area contributed by atoms with Crippen LogP contribution in [0.1, 0.15) is 42.3 Å².